The van der Waals surface area contributed by atoms with Crippen molar-refractivity contribution in [2.24, 2.45) is 0 Å². The molecule has 0 atom stereocenters. The van der Waals surface area contributed by atoms with E-state index in [1.165, 1.54) is 6.26 Å². The van der Waals surface area contributed by atoms with Gasteiger partial charge in [-0.3, -0.25) is 4.79 Å². The van der Waals surface area contributed by atoms with Gasteiger partial charge in [0.1, 0.15) is 17.8 Å². The highest BCUT2D eigenvalue weighted by Crippen LogP contribution is 2.20. The van der Waals surface area contributed by atoms with Crippen LogP contribution in [0.1, 0.15) is 16.4 Å². The summed E-state index contributed by atoms with van der Waals surface area (Å²) in [5.41, 5.74) is 0.323. The lowest BCUT2D eigenvalue weighted by atomic mass is 10.3. The first-order chi connectivity index (χ1) is 11.7. The number of benzene rings is 1. The molecule has 1 aromatic heterocycles. The van der Waals surface area contributed by atoms with Crippen LogP contribution in [0.5, 0.6) is 11.5 Å². The fraction of sp³-hybridized carbons (Fsp3) is 0.412. The molecule has 0 radical (unpaired) electrons. The van der Waals surface area contributed by atoms with Crippen molar-refractivity contribution in [1.29, 1.82) is 0 Å². The van der Waals surface area contributed by atoms with Crippen LogP contribution in [0.3, 0.4) is 0 Å². The van der Waals surface area contributed by atoms with Gasteiger partial charge >= 0.3 is 0 Å². The molecule has 7 nitrogen and oxygen atoms in total. The first kappa shape index (κ1) is 16.3. The molecule has 7 heteroatoms. The molecule has 1 aliphatic rings. The predicted octanol–water partition coefficient (Wildman–Crippen LogP) is 1.65. The van der Waals surface area contributed by atoms with Gasteiger partial charge in [-0.25, -0.2) is 4.98 Å². The lowest BCUT2D eigenvalue weighted by Gasteiger charge is -2.31. The quantitative estimate of drug-likeness (QED) is 0.830. The Balaban J connectivity index is 1.58. The Morgan fingerprint density at radius 1 is 1.25 bits per heavy atom. The monoisotopic (exact) mass is 331 g/mol. The third kappa shape index (κ3) is 3.86. The summed E-state index contributed by atoms with van der Waals surface area (Å²) in [6, 6.07) is 7.28. The van der Waals surface area contributed by atoms with E-state index in [4.69, 9.17) is 13.9 Å². The van der Waals surface area contributed by atoms with Crippen molar-refractivity contribution in [2.75, 3.05) is 40.3 Å². The number of hydrogen-bond acceptors (Lipinski definition) is 6. The van der Waals surface area contributed by atoms with E-state index in [1.807, 2.05) is 25.2 Å². The molecule has 0 unspecified atom stereocenters. The topological polar surface area (TPSA) is 68.0 Å². The van der Waals surface area contributed by atoms with Crippen LogP contribution < -0.4 is 9.47 Å². The maximum atomic E-state index is 12.4. The van der Waals surface area contributed by atoms with Crippen molar-refractivity contribution in [3.8, 4) is 11.5 Å². The first-order valence-electron chi connectivity index (χ1n) is 7.85. The number of rotatable bonds is 5. The highest BCUT2D eigenvalue weighted by atomic mass is 16.5. The van der Waals surface area contributed by atoms with Crippen LogP contribution >= 0.6 is 0 Å². The van der Waals surface area contributed by atoms with Gasteiger partial charge in [0.15, 0.2) is 12.3 Å². The number of piperazine rings is 1. The summed E-state index contributed by atoms with van der Waals surface area (Å²) in [4.78, 5) is 20.6. The Morgan fingerprint density at radius 2 is 2.00 bits per heavy atom. The number of methoxy groups -OCH3 is 1. The van der Waals surface area contributed by atoms with E-state index in [0.29, 0.717) is 36.2 Å². The fourth-order valence-corrected chi connectivity index (χ4v) is 2.48. The average molecular weight is 331 g/mol. The van der Waals surface area contributed by atoms with Crippen LogP contribution in [0.15, 0.2) is 34.9 Å². The molecule has 0 bridgehead atoms. The highest BCUT2D eigenvalue weighted by molar-refractivity contribution is 5.92. The molecule has 1 aromatic carbocycles. The first-order valence-corrected chi connectivity index (χ1v) is 7.85. The highest BCUT2D eigenvalue weighted by Gasteiger charge is 2.23. The molecule has 3 rings (SSSR count). The Bertz CT molecular complexity index is 693. The van der Waals surface area contributed by atoms with E-state index < -0.39 is 0 Å². The van der Waals surface area contributed by atoms with Crippen molar-refractivity contribution in [3.63, 3.8) is 0 Å². The Kier molecular flexibility index (Phi) is 5.00. The second-order valence-electron chi connectivity index (χ2n) is 5.69. The molecule has 0 saturated carbocycles. The number of ether oxygens (including phenoxy) is 2. The summed E-state index contributed by atoms with van der Waals surface area (Å²) >= 11 is 0. The summed E-state index contributed by atoms with van der Waals surface area (Å²) in [5, 5.41) is 0. The van der Waals surface area contributed by atoms with Gasteiger partial charge < -0.3 is 23.7 Å². The maximum Gasteiger partial charge on any atom is 0.275 e. The molecule has 128 valence electrons. The molecule has 1 amide bonds. The molecule has 24 heavy (non-hydrogen) atoms. The summed E-state index contributed by atoms with van der Waals surface area (Å²) in [6.07, 6.45) is 1.39. The zero-order chi connectivity index (χ0) is 16.9. The van der Waals surface area contributed by atoms with Crippen LogP contribution in [-0.4, -0.2) is 61.0 Å². The minimum Gasteiger partial charge on any atom is -0.497 e. The van der Waals surface area contributed by atoms with Gasteiger partial charge in [-0.2, -0.15) is 0 Å². The fourth-order valence-electron chi connectivity index (χ4n) is 2.48. The Morgan fingerprint density at radius 3 is 2.75 bits per heavy atom. The maximum absolute atomic E-state index is 12.4. The molecule has 0 spiro atoms. The number of oxazole rings is 1. The van der Waals surface area contributed by atoms with Crippen molar-refractivity contribution in [1.82, 2.24) is 14.8 Å². The van der Waals surface area contributed by atoms with Crippen molar-refractivity contribution < 1.29 is 18.7 Å². The number of amides is 1. The van der Waals surface area contributed by atoms with Crippen LogP contribution in [-0.2, 0) is 6.61 Å². The van der Waals surface area contributed by atoms with Gasteiger partial charge in [-0.05, 0) is 19.2 Å². The summed E-state index contributed by atoms with van der Waals surface area (Å²) in [7, 11) is 3.65. The average Bonchev–Trinajstić information content (AvgIpc) is 3.09. The molecule has 2 aromatic rings. The molecule has 0 aliphatic carbocycles. The van der Waals surface area contributed by atoms with Crippen LogP contribution in [0.2, 0.25) is 0 Å². The smallest absolute Gasteiger partial charge is 0.275 e. The third-order valence-corrected chi connectivity index (χ3v) is 3.96. The van der Waals surface area contributed by atoms with Gasteiger partial charge in [-0.1, -0.05) is 6.07 Å². The molecule has 1 saturated heterocycles. The molecular weight excluding hydrogens is 310 g/mol. The number of likely N-dealkylation sites (N-methyl/N-ethyl adjacent to an activating group) is 1. The van der Waals surface area contributed by atoms with E-state index in [-0.39, 0.29) is 12.5 Å². The second kappa shape index (κ2) is 7.35. The second-order valence-corrected chi connectivity index (χ2v) is 5.69. The predicted molar refractivity (Wildman–Crippen MR) is 87.2 cm³/mol. The lowest BCUT2D eigenvalue weighted by Crippen LogP contribution is -2.47. The van der Waals surface area contributed by atoms with Crippen LogP contribution in [0, 0.1) is 0 Å². The van der Waals surface area contributed by atoms with Crippen LogP contribution in [0.25, 0.3) is 0 Å². The van der Waals surface area contributed by atoms with Gasteiger partial charge in [0.05, 0.1) is 7.11 Å². The molecular formula is C17H21N3O4. The van der Waals surface area contributed by atoms with Crippen molar-refractivity contribution in [2.45, 2.75) is 6.61 Å². The largest absolute Gasteiger partial charge is 0.497 e. The van der Waals surface area contributed by atoms with E-state index in [2.05, 4.69) is 9.88 Å². The standard InChI is InChI=1S/C17H21N3O4/c1-19-6-8-20(9-7-19)17(21)15-11-24-16(18-15)12-23-14-5-3-4-13(10-14)22-2/h3-5,10-11H,6-9,12H2,1-2H3. The minimum absolute atomic E-state index is 0.0977. The van der Waals surface area contributed by atoms with Gasteiger partial charge in [0, 0.05) is 32.2 Å². The molecule has 1 fully saturated rings. The molecule has 1 aliphatic heterocycles. The van der Waals surface area contributed by atoms with Gasteiger partial charge in [0.2, 0.25) is 5.89 Å². The van der Waals surface area contributed by atoms with E-state index in [1.54, 1.807) is 18.1 Å². The number of carbonyl (C=O) groups is 1. The Hall–Kier alpha value is -2.54. The summed E-state index contributed by atoms with van der Waals surface area (Å²) in [6.45, 7) is 3.31. The minimum atomic E-state index is -0.0977. The zero-order valence-corrected chi connectivity index (χ0v) is 13.9. The van der Waals surface area contributed by atoms with Crippen molar-refractivity contribution >= 4 is 5.91 Å². The number of hydrogen-bond donors (Lipinski definition) is 0. The third-order valence-electron chi connectivity index (χ3n) is 3.96. The lowest BCUT2D eigenvalue weighted by molar-refractivity contribution is 0.0658. The number of aromatic nitrogens is 1. The SMILES string of the molecule is COc1cccc(OCc2nc(C(=O)N3CCN(C)CC3)co2)c1. The Labute approximate surface area is 140 Å². The van der Waals surface area contributed by atoms with Crippen LogP contribution in [0.4, 0.5) is 0 Å². The van der Waals surface area contributed by atoms with E-state index in [9.17, 15) is 4.79 Å². The van der Waals surface area contributed by atoms with Gasteiger partial charge in [-0.15, -0.1) is 0 Å². The van der Waals surface area contributed by atoms with E-state index in [0.717, 1.165) is 13.1 Å². The number of nitrogens with zero attached hydrogens (tertiary/aromatic N) is 3. The zero-order valence-electron chi connectivity index (χ0n) is 13.9. The van der Waals surface area contributed by atoms with Gasteiger partial charge in [0.25, 0.3) is 5.91 Å². The normalized spacial score (nSPS) is 15.3. The van der Waals surface area contributed by atoms with E-state index >= 15 is 0 Å². The van der Waals surface area contributed by atoms with Crippen molar-refractivity contribution in [3.05, 3.63) is 42.1 Å². The summed E-state index contributed by atoms with van der Waals surface area (Å²) < 4.78 is 16.1. The molecule has 0 N–H and O–H groups in total. The number of carbonyl (C=O) groups excluding carboxylic acids is 1. The molecule has 2 heterocycles. The summed E-state index contributed by atoms with van der Waals surface area (Å²) in [5.74, 6) is 1.64.